The van der Waals surface area contributed by atoms with Gasteiger partial charge in [0.25, 0.3) is 5.69 Å². The van der Waals surface area contributed by atoms with Crippen molar-refractivity contribution in [1.29, 1.82) is 0 Å². The number of anilines is 2. The van der Waals surface area contributed by atoms with Crippen LogP contribution in [0.4, 0.5) is 17.1 Å². The third kappa shape index (κ3) is 3.66. The number of ketones is 1. The lowest BCUT2D eigenvalue weighted by Crippen LogP contribution is -2.00. The fourth-order valence-electron chi connectivity index (χ4n) is 2.39. The molecule has 25 heavy (non-hydrogen) atoms. The van der Waals surface area contributed by atoms with Crippen LogP contribution in [-0.4, -0.2) is 20.7 Å². The van der Waals surface area contributed by atoms with Gasteiger partial charge in [-0.25, -0.2) is 9.97 Å². The smallest absolute Gasteiger partial charge is 0.293 e. The number of hydrogen-bond acceptors (Lipinski definition) is 6. The van der Waals surface area contributed by atoms with Gasteiger partial charge in [0, 0.05) is 35.3 Å². The molecule has 0 spiro atoms. The fourth-order valence-corrected chi connectivity index (χ4v) is 2.39. The van der Waals surface area contributed by atoms with E-state index in [1.165, 1.54) is 25.4 Å². The van der Waals surface area contributed by atoms with Crippen molar-refractivity contribution in [2.45, 2.75) is 6.92 Å². The van der Waals surface area contributed by atoms with Gasteiger partial charge in [-0.15, -0.1) is 0 Å². The Hall–Kier alpha value is -3.61. The van der Waals surface area contributed by atoms with Gasteiger partial charge in [-0.3, -0.25) is 14.9 Å². The third-order valence-electron chi connectivity index (χ3n) is 3.64. The lowest BCUT2D eigenvalue weighted by atomic mass is 10.1. The molecular formula is C18H14N4O3. The molecule has 124 valence electrons. The molecule has 2 aromatic carbocycles. The van der Waals surface area contributed by atoms with E-state index in [9.17, 15) is 14.9 Å². The van der Waals surface area contributed by atoms with Gasteiger partial charge in [-0.1, -0.05) is 12.1 Å². The Bertz CT molecular complexity index is 942. The van der Waals surface area contributed by atoms with Gasteiger partial charge < -0.3 is 5.32 Å². The Morgan fingerprint density at radius 3 is 2.52 bits per heavy atom. The van der Waals surface area contributed by atoms with Gasteiger partial charge in [0.1, 0.15) is 12.0 Å². The molecular weight excluding hydrogens is 320 g/mol. The van der Waals surface area contributed by atoms with Crippen molar-refractivity contribution in [3.63, 3.8) is 0 Å². The van der Waals surface area contributed by atoms with Gasteiger partial charge >= 0.3 is 0 Å². The first-order chi connectivity index (χ1) is 12.0. The highest BCUT2D eigenvalue weighted by Crippen LogP contribution is 2.30. The Balaban J connectivity index is 1.95. The van der Waals surface area contributed by atoms with Crippen molar-refractivity contribution in [3.05, 3.63) is 76.9 Å². The summed E-state index contributed by atoms with van der Waals surface area (Å²) in [6.07, 6.45) is 4.83. The molecule has 1 heterocycles. The van der Waals surface area contributed by atoms with Crippen molar-refractivity contribution in [2.24, 2.45) is 0 Å². The van der Waals surface area contributed by atoms with Crippen molar-refractivity contribution < 1.29 is 9.72 Å². The van der Waals surface area contributed by atoms with E-state index in [0.717, 1.165) is 11.1 Å². The second-order valence-electron chi connectivity index (χ2n) is 5.38. The lowest BCUT2D eigenvalue weighted by molar-refractivity contribution is -0.383. The minimum absolute atomic E-state index is 0.152. The van der Waals surface area contributed by atoms with Crippen molar-refractivity contribution >= 4 is 22.8 Å². The predicted molar refractivity (Wildman–Crippen MR) is 93.9 cm³/mol. The van der Waals surface area contributed by atoms with E-state index >= 15 is 0 Å². The van der Waals surface area contributed by atoms with Gasteiger partial charge in [-0.05, 0) is 36.8 Å². The van der Waals surface area contributed by atoms with E-state index < -0.39 is 4.92 Å². The van der Waals surface area contributed by atoms with Gasteiger partial charge in [0.05, 0.1) is 4.92 Å². The van der Waals surface area contributed by atoms with E-state index in [-0.39, 0.29) is 11.5 Å². The van der Waals surface area contributed by atoms with Crippen molar-refractivity contribution in [1.82, 2.24) is 9.97 Å². The first-order valence-corrected chi connectivity index (χ1v) is 7.46. The summed E-state index contributed by atoms with van der Waals surface area (Å²) < 4.78 is 0. The predicted octanol–water partition coefficient (Wildman–Crippen LogP) is 4.00. The van der Waals surface area contributed by atoms with Crippen LogP contribution in [0.1, 0.15) is 17.3 Å². The highest BCUT2D eigenvalue weighted by molar-refractivity contribution is 5.95. The largest absolute Gasteiger partial charge is 0.350 e. The maximum Gasteiger partial charge on any atom is 0.293 e. The number of aromatic nitrogens is 2. The average molecular weight is 334 g/mol. The number of hydrogen-bond donors (Lipinski definition) is 1. The highest BCUT2D eigenvalue weighted by atomic mass is 16.6. The van der Waals surface area contributed by atoms with Crippen LogP contribution in [0, 0.1) is 10.1 Å². The second kappa shape index (κ2) is 6.88. The van der Waals surface area contributed by atoms with Crippen LogP contribution in [-0.2, 0) is 0 Å². The molecule has 0 atom stereocenters. The standard InChI is InChI=1S/C18H14N4O3/c1-12(23)13-5-6-17(18(8-13)22(24)25)21-16-4-2-3-14(7-16)15-9-19-11-20-10-15/h2-11,21H,1H3. The summed E-state index contributed by atoms with van der Waals surface area (Å²) in [5.74, 6) is -0.222. The molecule has 1 aromatic heterocycles. The Morgan fingerprint density at radius 2 is 1.84 bits per heavy atom. The number of nitrogens with zero attached hydrogens (tertiary/aromatic N) is 3. The topological polar surface area (TPSA) is 98.0 Å². The first-order valence-electron chi connectivity index (χ1n) is 7.46. The SMILES string of the molecule is CC(=O)c1ccc(Nc2cccc(-c3cncnc3)c2)c([N+](=O)[O-])c1. The van der Waals surface area contributed by atoms with Gasteiger partial charge in [0.15, 0.2) is 5.78 Å². The van der Waals surface area contributed by atoms with Crippen LogP contribution in [0.5, 0.6) is 0 Å². The molecule has 1 N–H and O–H groups in total. The van der Waals surface area contributed by atoms with Crippen LogP contribution < -0.4 is 5.32 Å². The quantitative estimate of drug-likeness (QED) is 0.430. The molecule has 0 bridgehead atoms. The number of benzene rings is 2. The molecule has 7 heteroatoms. The van der Waals surface area contributed by atoms with Crippen LogP contribution in [0.3, 0.4) is 0 Å². The zero-order valence-electron chi connectivity index (χ0n) is 13.3. The van der Waals surface area contributed by atoms with Crippen LogP contribution in [0.15, 0.2) is 61.2 Å². The van der Waals surface area contributed by atoms with E-state index in [4.69, 9.17) is 0 Å². The minimum atomic E-state index is -0.510. The average Bonchev–Trinajstić information content (AvgIpc) is 2.62. The molecule has 0 unspecified atom stereocenters. The maximum atomic E-state index is 11.4. The second-order valence-corrected chi connectivity index (χ2v) is 5.38. The number of nitro benzene ring substituents is 1. The van der Waals surface area contributed by atoms with Crippen LogP contribution in [0.25, 0.3) is 11.1 Å². The number of Topliss-reactive ketones (excluding diaryl/α,β-unsaturated/α-hetero) is 1. The number of carbonyl (C=O) groups excluding carboxylic acids is 1. The lowest BCUT2D eigenvalue weighted by Gasteiger charge is -2.09. The monoisotopic (exact) mass is 334 g/mol. The molecule has 0 aliphatic heterocycles. The van der Waals surface area contributed by atoms with Crippen molar-refractivity contribution in [2.75, 3.05) is 5.32 Å². The number of rotatable bonds is 5. The number of nitrogens with one attached hydrogen (secondary N) is 1. The summed E-state index contributed by atoms with van der Waals surface area (Å²) in [7, 11) is 0. The zero-order chi connectivity index (χ0) is 17.8. The van der Waals surface area contributed by atoms with Crippen LogP contribution in [0.2, 0.25) is 0 Å². The molecule has 3 aromatic rings. The van der Waals surface area contributed by atoms with Crippen molar-refractivity contribution in [3.8, 4) is 11.1 Å². The first kappa shape index (κ1) is 16.3. The zero-order valence-corrected chi connectivity index (χ0v) is 13.3. The molecule has 0 aliphatic rings. The molecule has 0 aliphatic carbocycles. The molecule has 0 saturated carbocycles. The Morgan fingerprint density at radius 1 is 1.08 bits per heavy atom. The van der Waals surface area contributed by atoms with Gasteiger partial charge in [0.2, 0.25) is 0 Å². The van der Waals surface area contributed by atoms with E-state index in [0.29, 0.717) is 16.9 Å². The molecule has 0 fully saturated rings. The third-order valence-corrected chi connectivity index (χ3v) is 3.64. The van der Waals surface area contributed by atoms with Gasteiger partial charge in [-0.2, -0.15) is 0 Å². The summed E-state index contributed by atoms with van der Waals surface area (Å²) in [6.45, 7) is 1.37. The maximum absolute atomic E-state index is 11.4. The molecule has 0 amide bonds. The molecule has 0 radical (unpaired) electrons. The van der Waals surface area contributed by atoms with Crippen LogP contribution >= 0.6 is 0 Å². The Kier molecular flexibility index (Phi) is 4.47. The van der Waals surface area contributed by atoms with E-state index in [1.54, 1.807) is 24.5 Å². The highest BCUT2D eigenvalue weighted by Gasteiger charge is 2.16. The van der Waals surface area contributed by atoms with E-state index in [2.05, 4.69) is 15.3 Å². The summed E-state index contributed by atoms with van der Waals surface area (Å²) in [5, 5.41) is 14.3. The fraction of sp³-hybridized carbons (Fsp3) is 0.0556. The number of carbonyl (C=O) groups is 1. The summed E-state index contributed by atoms with van der Waals surface area (Å²) >= 11 is 0. The Labute approximate surface area is 143 Å². The number of nitro groups is 1. The summed E-state index contributed by atoms with van der Waals surface area (Å²) in [5.41, 5.74) is 2.87. The minimum Gasteiger partial charge on any atom is -0.350 e. The molecule has 7 nitrogen and oxygen atoms in total. The normalized spacial score (nSPS) is 10.3. The summed E-state index contributed by atoms with van der Waals surface area (Å²) in [4.78, 5) is 30.2. The summed E-state index contributed by atoms with van der Waals surface area (Å²) in [6, 6.07) is 11.8. The molecule has 0 saturated heterocycles. The van der Waals surface area contributed by atoms with E-state index in [1.807, 2.05) is 18.2 Å². The molecule has 3 rings (SSSR count).